The van der Waals surface area contributed by atoms with Gasteiger partial charge in [-0.25, -0.2) is 4.98 Å². The van der Waals surface area contributed by atoms with E-state index in [9.17, 15) is 18.5 Å². The van der Waals surface area contributed by atoms with Crippen LogP contribution in [0.3, 0.4) is 0 Å². The number of hydrogen-bond donors (Lipinski definition) is 5. The van der Waals surface area contributed by atoms with Gasteiger partial charge in [0.2, 0.25) is 5.82 Å². The number of amidine groups is 1. The molecule has 0 bridgehead atoms. The summed E-state index contributed by atoms with van der Waals surface area (Å²) < 4.78 is 30.4. The lowest BCUT2D eigenvalue weighted by Crippen LogP contribution is -2.51. The van der Waals surface area contributed by atoms with Crippen molar-refractivity contribution in [1.29, 1.82) is 5.41 Å². The van der Waals surface area contributed by atoms with Gasteiger partial charge in [0, 0.05) is 12.6 Å². The summed E-state index contributed by atoms with van der Waals surface area (Å²) >= 11 is 0. The summed E-state index contributed by atoms with van der Waals surface area (Å²) in [6.45, 7) is 2.08. The van der Waals surface area contributed by atoms with Crippen LogP contribution >= 0.6 is 0 Å². The second-order valence-electron chi connectivity index (χ2n) is 7.57. The Morgan fingerprint density at radius 1 is 1.14 bits per heavy atom. The molecule has 3 rings (SSSR count). The molecule has 1 heterocycles. The van der Waals surface area contributed by atoms with Gasteiger partial charge in [-0.1, -0.05) is 48.0 Å². The number of rotatable bonds is 11. The highest BCUT2D eigenvalue weighted by atomic mass is 32.2. The Morgan fingerprint density at radius 2 is 1.80 bits per heavy atom. The minimum atomic E-state index is -4.29. The summed E-state index contributed by atoms with van der Waals surface area (Å²) in [6.07, 6.45) is -2.89. The lowest BCUT2D eigenvalue weighted by molar-refractivity contribution is -0.384. The molecule has 35 heavy (non-hydrogen) atoms. The Labute approximate surface area is 202 Å². The van der Waals surface area contributed by atoms with E-state index in [4.69, 9.17) is 21.1 Å². The molecule has 0 saturated heterocycles. The van der Waals surface area contributed by atoms with Crippen molar-refractivity contribution in [3.63, 3.8) is 0 Å². The van der Waals surface area contributed by atoms with E-state index in [1.165, 1.54) is 24.3 Å². The van der Waals surface area contributed by atoms with E-state index in [1.807, 2.05) is 30.3 Å². The number of nitro groups is 1. The number of aryl methyl sites for hydroxylation is 1. The topological polar surface area (TPSA) is 199 Å². The molecule has 0 fully saturated rings. The van der Waals surface area contributed by atoms with Crippen molar-refractivity contribution in [2.24, 2.45) is 11.5 Å². The van der Waals surface area contributed by atoms with E-state index in [0.29, 0.717) is 0 Å². The molecule has 13 heteroatoms. The zero-order chi connectivity index (χ0) is 25.6. The SMILES string of the molecule is Cc1ccc(S(=O)(=O)OC(C(=N)N)C(N)Nc2ccc([N+](=O)[O-])c(NCc3ccccc3)n2)cc1. The fourth-order valence-corrected chi connectivity index (χ4v) is 4.12. The molecule has 1 aromatic heterocycles. The van der Waals surface area contributed by atoms with Crippen molar-refractivity contribution in [2.75, 3.05) is 10.6 Å². The van der Waals surface area contributed by atoms with Crippen LogP contribution in [0.5, 0.6) is 0 Å². The van der Waals surface area contributed by atoms with Gasteiger partial charge in [-0.3, -0.25) is 19.7 Å². The summed E-state index contributed by atoms with van der Waals surface area (Å²) in [5.41, 5.74) is 13.1. The summed E-state index contributed by atoms with van der Waals surface area (Å²) in [5.74, 6) is -0.574. The third-order valence-corrected chi connectivity index (χ3v) is 6.17. The highest BCUT2D eigenvalue weighted by Gasteiger charge is 2.30. The standard InChI is InChI=1S/C22H25N7O5S/c1-14-7-9-16(10-8-14)35(32,33)34-19(20(23)24)21(25)27-18-12-11-17(29(30)31)22(28-18)26-13-15-5-3-2-4-6-15/h2-12,19,21H,13,25H2,1H3,(H3,23,24)(H2,26,27,28). The molecule has 0 aliphatic heterocycles. The van der Waals surface area contributed by atoms with Gasteiger partial charge in [0.05, 0.1) is 9.82 Å². The minimum Gasteiger partial charge on any atom is -0.385 e. The summed E-state index contributed by atoms with van der Waals surface area (Å²) in [6, 6.07) is 17.7. The first kappa shape index (κ1) is 25.6. The van der Waals surface area contributed by atoms with E-state index in [1.54, 1.807) is 19.1 Å². The van der Waals surface area contributed by atoms with E-state index < -0.39 is 33.1 Å². The van der Waals surface area contributed by atoms with Crippen LogP contribution in [0.2, 0.25) is 0 Å². The Morgan fingerprint density at radius 3 is 2.40 bits per heavy atom. The smallest absolute Gasteiger partial charge is 0.311 e. The second-order valence-corrected chi connectivity index (χ2v) is 9.14. The van der Waals surface area contributed by atoms with Gasteiger partial charge in [-0.2, -0.15) is 8.42 Å². The van der Waals surface area contributed by atoms with Gasteiger partial charge in [0.1, 0.15) is 17.8 Å². The minimum absolute atomic E-state index is 0.0244. The predicted octanol–water partition coefficient (Wildman–Crippen LogP) is 2.32. The summed E-state index contributed by atoms with van der Waals surface area (Å²) in [5, 5.41) is 24.8. The first-order chi connectivity index (χ1) is 16.6. The van der Waals surface area contributed by atoms with Crippen molar-refractivity contribution in [3.05, 3.63) is 88.0 Å². The number of anilines is 2. The normalized spacial score (nSPS) is 13.0. The number of hydrogen-bond acceptors (Lipinski definition) is 10. The Balaban J connectivity index is 1.79. The van der Waals surface area contributed by atoms with Crippen LogP contribution in [-0.2, 0) is 20.8 Å². The van der Waals surface area contributed by atoms with Gasteiger partial charge in [-0.05, 0) is 30.7 Å². The molecule has 0 saturated carbocycles. The Bertz CT molecular complexity index is 1300. The molecule has 2 atom stereocenters. The van der Waals surface area contributed by atoms with E-state index in [0.717, 1.165) is 11.1 Å². The molecule has 12 nitrogen and oxygen atoms in total. The fraction of sp³-hybridized carbons (Fsp3) is 0.182. The number of nitrogens with two attached hydrogens (primary N) is 2. The lowest BCUT2D eigenvalue weighted by Gasteiger charge is -2.24. The molecule has 0 spiro atoms. The molecule has 0 amide bonds. The zero-order valence-corrected chi connectivity index (χ0v) is 19.5. The van der Waals surface area contributed by atoms with Gasteiger partial charge >= 0.3 is 5.69 Å². The number of benzene rings is 2. The number of pyridine rings is 1. The van der Waals surface area contributed by atoms with Gasteiger partial charge < -0.3 is 22.1 Å². The molecule has 0 radical (unpaired) electrons. The van der Waals surface area contributed by atoms with Crippen LogP contribution in [0.4, 0.5) is 17.3 Å². The molecule has 184 valence electrons. The highest BCUT2D eigenvalue weighted by Crippen LogP contribution is 2.25. The number of aromatic nitrogens is 1. The lowest BCUT2D eigenvalue weighted by atomic mass is 10.2. The van der Waals surface area contributed by atoms with Crippen LogP contribution in [0, 0.1) is 22.4 Å². The van der Waals surface area contributed by atoms with E-state index in [2.05, 4.69) is 15.6 Å². The third-order valence-electron chi connectivity index (χ3n) is 4.86. The molecular weight excluding hydrogens is 474 g/mol. The summed E-state index contributed by atoms with van der Waals surface area (Å²) in [4.78, 5) is 14.9. The molecule has 2 unspecified atom stereocenters. The van der Waals surface area contributed by atoms with Gasteiger partial charge in [-0.15, -0.1) is 0 Å². The molecule has 2 aromatic carbocycles. The molecule has 0 aliphatic rings. The van der Waals surface area contributed by atoms with Crippen LogP contribution in [-0.4, -0.2) is 36.4 Å². The summed E-state index contributed by atoms with van der Waals surface area (Å²) in [7, 11) is -4.29. The number of nitrogens with one attached hydrogen (secondary N) is 3. The van der Waals surface area contributed by atoms with Gasteiger partial charge in [0.15, 0.2) is 6.10 Å². The average molecular weight is 500 g/mol. The first-order valence-electron chi connectivity index (χ1n) is 10.4. The van der Waals surface area contributed by atoms with Crippen LogP contribution in [0.1, 0.15) is 11.1 Å². The van der Waals surface area contributed by atoms with Gasteiger partial charge in [0.25, 0.3) is 10.1 Å². The first-order valence-corrected chi connectivity index (χ1v) is 11.8. The van der Waals surface area contributed by atoms with Crippen molar-refractivity contribution < 1.29 is 17.5 Å². The van der Waals surface area contributed by atoms with E-state index >= 15 is 0 Å². The molecule has 3 aromatic rings. The molecule has 0 aliphatic carbocycles. The predicted molar refractivity (Wildman–Crippen MR) is 131 cm³/mol. The third kappa shape index (κ3) is 6.72. The highest BCUT2D eigenvalue weighted by molar-refractivity contribution is 7.86. The quantitative estimate of drug-likeness (QED) is 0.0651. The van der Waals surface area contributed by atoms with Crippen molar-refractivity contribution >= 4 is 33.3 Å². The fourth-order valence-electron chi connectivity index (χ4n) is 3.04. The van der Waals surface area contributed by atoms with Crippen LogP contribution < -0.4 is 22.1 Å². The maximum absolute atomic E-state index is 12.7. The largest absolute Gasteiger partial charge is 0.385 e. The van der Waals surface area contributed by atoms with Crippen molar-refractivity contribution in [3.8, 4) is 0 Å². The average Bonchev–Trinajstić information content (AvgIpc) is 2.82. The zero-order valence-electron chi connectivity index (χ0n) is 18.7. The van der Waals surface area contributed by atoms with Crippen LogP contribution in [0.25, 0.3) is 0 Å². The monoisotopic (exact) mass is 499 g/mol. The molecule has 7 N–H and O–H groups in total. The number of nitrogens with zero attached hydrogens (tertiary/aromatic N) is 2. The maximum Gasteiger partial charge on any atom is 0.311 e. The second kappa shape index (κ2) is 10.9. The van der Waals surface area contributed by atoms with Crippen molar-refractivity contribution in [1.82, 2.24) is 4.98 Å². The van der Waals surface area contributed by atoms with Crippen molar-refractivity contribution in [2.45, 2.75) is 30.6 Å². The Kier molecular flexibility index (Phi) is 7.96. The Hall–Kier alpha value is -4.07. The van der Waals surface area contributed by atoms with Crippen LogP contribution in [0.15, 0.2) is 71.6 Å². The maximum atomic E-state index is 12.7. The molecular formula is C22H25N7O5S. The van der Waals surface area contributed by atoms with E-state index in [-0.39, 0.29) is 28.8 Å².